The summed E-state index contributed by atoms with van der Waals surface area (Å²) in [4.78, 5) is 23.2. The second kappa shape index (κ2) is 3.08. The Labute approximate surface area is 88.2 Å². The standard InChI is InChI=1S/C11H14O4/c1-6-5-14-10(13)8-7(12)4-11(2,3)15-9(6)8/h6H,4-5H2,1-3H3. The molecule has 4 nitrogen and oxygen atoms in total. The summed E-state index contributed by atoms with van der Waals surface area (Å²) in [6.45, 7) is 5.88. The molecule has 0 amide bonds. The van der Waals surface area contributed by atoms with E-state index in [1.165, 1.54) is 0 Å². The zero-order valence-electron chi connectivity index (χ0n) is 9.12. The van der Waals surface area contributed by atoms with Crippen molar-refractivity contribution in [3.63, 3.8) is 0 Å². The fourth-order valence-corrected chi connectivity index (χ4v) is 1.91. The zero-order valence-corrected chi connectivity index (χ0v) is 9.12. The molecule has 0 saturated carbocycles. The molecule has 2 heterocycles. The van der Waals surface area contributed by atoms with Gasteiger partial charge in [-0.15, -0.1) is 0 Å². The topological polar surface area (TPSA) is 52.6 Å². The van der Waals surface area contributed by atoms with Crippen LogP contribution in [0.25, 0.3) is 0 Å². The lowest BCUT2D eigenvalue weighted by Crippen LogP contribution is -2.41. The number of carbonyl (C=O) groups is 2. The Bertz CT molecular complexity index is 365. The van der Waals surface area contributed by atoms with E-state index in [9.17, 15) is 9.59 Å². The van der Waals surface area contributed by atoms with E-state index in [0.717, 1.165) is 0 Å². The number of rotatable bonds is 0. The summed E-state index contributed by atoms with van der Waals surface area (Å²) in [7, 11) is 0. The van der Waals surface area contributed by atoms with Gasteiger partial charge in [-0.3, -0.25) is 4.79 Å². The number of cyclic esters (lactones) is 1. The van der Waals surface area contributed by atoms with Crippen LogP contribution >= 0.6 is 0 Å². The average Bonchev–Trinajstić information content (AvgIpc) is 2.09. The predicted molar refractivity (Wildman–Crippen MR) is 51.9 cm³/mol. The van der Waals surface area contributed by atoms with Crippen LogP contribution in [0.1, 0.15) is 27.2 Å². The first-order valence-electron chi connectivity index (χ1n) is 5.04. The Kier molecular flexibility index (Phi) is 2.10. The summed E-state index contributed by atoms with van der Waals surface area (Å²) in [5.74, 6) is -0.227. The van der Waals surface area contributed by atoms with Gasteiger partial charge >= 0.3 is 5.97 Å². The van der Waals surface area contributed by atoms with Gasteiger partial charge in [-0.1, -0.05) is 6.92 Å². The molecule has 0 aromatic rings. The van der Waals surface area contributed by atoms with E-state index in [-0.39, 0.29) is 23.7 Å². The number of ether oxygens (including phenoxy) is 2. The van der Waals surface area contributed by atoms with Crippen molar-refractivity contribution in [1.82, 2.24) is 0 Å². The van der Waals surface area contributed by atoms with Crippen molar-refractivity contribution < 1.29 is 19.1 Å². The highest BCUT2D eigenvalue weighted by atomic mass is 16.5. The minimum Gasteiger partial charge on any atom is -0.490 e. The molecule has 0 aromatic carbocycles. The molecule has 0 aliphatic carbocycles. The van der Waals surface area contributed by atoms with Crippen molar-refractivity contribution in [3.8, 4) is 0 Å². The molecule has 2 rings (SSSR count). The molecule has 1 atom stereocenters. The SMILES string of the molecule is CC1COC(=O)C2=C1OC(C)(C)CC2=O. The quantitative estimate of drug-likeness (QED) is 0.445. The summed E-state index contributed by atoms with van der Waals surface area (Å²) in [6.07, 6.45) is 0.230. The molecule has 0 spiro atoms. The molecule has 0 saturated heterocycles. The maximum absolute atomic E-state index is 11.8. The second-order valence-electron chi connectivity index (χ2n) is 4.70. The van der Waals surface area contributed by atoms with Gasteiger partial charge in [-0.05, 0) is 13.8 Å². The maximum atomic E-state index is 11.8. The normalized spacial score (nSPS) is 29.4. The van der Waals surface area contributed by atoms with Crippen LogP contribution in [0.15, 0.2) is 11.3 Å². The van der Waals surface area contributed by atoms with Crippen LogP contribution in [-0.4, -0.2) is 24.0 Å². The monoisotopic (exact) mass is 210 g/mol. The lowest BCUT2D eigenvalue weighted by molar-refractivity contribution is -0.148. The van der Waals surface area contributed by atoms with Gasteiger partial charge in [0.2, 0.25) is 0 Å². The van der Waals surface area contributed by atoms with Gasteiger partial charge in [0.25, 0.3) is 0 Å². The van der Waals surface area contributed by atoms with E-state index in [0.29, 0.717) is 12.4 Å². The summed E-state index contributed by atoms with van der Waals surface area (Å²) in [5, 5.41) is 0. The van der Waals surface area contributed by atoms with Gasteiger partial charge in [0.1, 0.15) is 23.5 Å². The first-order valence-corrected chi connectivity index (χ1v) is 5.04. The van der Waals surface area contributed by atoms with Crippen molar-refractivity contribution >= 4 is 11.8 Å². The Morgan fingerprint density at radius 1 is 1.33 bits per heavy atom. The maximum Gasteiger partial charge on any atom is 0.345 e. The van der Waals surface area contributed by atoms with Crippen LogP contribution < -0.4 is 0 Å². The third kappa shape index (κ3) is 1.64. The van der Waals surface area contributed by atoms with Crippen LogP contribution in [0.5, 0.6) is 0 Å². The van der Waals surface area contributed by atoms with Gasteiger partial charge in [0, 0.05) is 5.92 Å². The van der Waals surface area contributed by atoms with E-state index >= 15 is 0 Å². The number of Topliss-reactive ketones (excluding diaryl/α,β-unsaturated/α-hetero) is 1. The molecule has 82 valence electrons. The highest BCUT2D eigenvalue weighted by Gasteiger charge is 2.42. The third-order valence-electron chi connectivity index (χ3n) is 2.61. The molecule has 2 aliphatic heterocycles. The molecule has 2 aliphatic rings. The van der Waals surface area contributed by atoms with E-state index in [1.807, 2.05) is 20.8 Å². The molecule has 0 radical (unpaired) electrons. The van der Waals surface area contributed by atoms with Crippen molar-refractivity contribution in [2.45, 2.75) is 32.8 Å². The summed E-state index contributed by atoms with van der Waals surface area (Å²) < 4.78 is 10.6. The molecule has 4 heteroatoms. The first kappa shape index (κ1) is 10.2. The second-order valence-corrected chi connectivity index (χ2v) is 4.70. The molecule has 0 fully saturated rings. The molecule has 15 heavy (non-hydrogen) atoms. The number of hydrogen-bond acceptors (Lipinski definition) is 4. The van der Waals surface area contributed by atoms with Crippen LogP contribution in [0.4, 0.5) is 0 Å². The Morgan fingerprint density at radius 3 is 2.67 bits per heavy atom. The zero-order chi connectivity index (χ0) is 11.2. The van der Waals surface area contributed by atoms with Gasteiger partial charge in [-0.25, -0.2) is 4.79 Å². The largest absolute Gasteiger partial charge is 0.490 e. The van der Waals surface area contributed by atoms with Crippen LogP contribution in [0.3, 0.4) is 0 Å². The number of ketones is 1. The summed E-state index contributed by atoms with van der Waals surface area (Å²) >= 11 is 0. The van der Waals surface area contributed by atoms with Crippen molar-refractivity contribution in [2.24, 2.45) is 5.92 Å². The molecule has 0 aromatic heterocycles. The fraction of sp³-hybridized carbons (Fsp3) is 0.636. The van der Waals surface area contributed by atoms with Crippen molar-refractivity contribution in [1.29, 1.82) is 0 Å². The minimum atomic E-state index is -0.538. The summed E-state index contributed by atoms with van der Waals surface area (Å²) in [6, 6.07) is 0. The van der Waals surface area contributed by atoms with Gasteiger partial charge in [0.05, 0.1) is 6.42 Å². The van der Waals surface area contributed by atoms with E-state index in [4.69, 9.17) is 9.47 Å². The highest BCUT2D eigenvalue weighted by molar-refractivity contribution is 6.18. The lowest BCUT2D eigenvalue weighted by Gasteiger charge is -2.37. The molecular formula is C11H14O4. The van der Waals surface area contributed by atoms with Crippen LogP contribution in [0, 0.1) is 5.92 Å². The Hall–Kier alpha value is -1.32. The van der Waals surface area contributed by atoms with Crippen LogP contribution in [0.2, 0.25) is 0 Å². The fourth-order valence-electron chi connectivity index (χ4n) is 1.91. The average molecular weight is 210 g/mol. The Morgan fingerprint density at radius 2 is 2.00 bits per heavy atom. The van der Waals surface area contributed by atoms with Crippen molar-refractivity contribution in [3.05, 3.63) is 11.3 Å². The van der Waals surface area contributed by atoms with Gasteiger partial charge in [-0.2, -0.15) is 0 Å². The lowest BCUT2D eigenvalue weighted by atomic mass is 9.89. The van der Waals surface area contributed by atoms with Gasteiger partial charge in [0.15, 0.2) is 5.78 Å². The molecule has 0 N–H and O–H groups in total. The number of carbonyl (C=O) groups excluding carboxylic acids is 2. The van der Waals surface area contributed by atoms with E-state index in [2.05, 4.69) is 0 Å². The van der Waals surface area contributed by atoms with Crippen molar-refractivity contribution in [2.75, 3.05) is 6.61 Å². The minimum absolute atomic E-state index is 0.0266. The smallest absolute Gasteiger partial charge is 0.345 e. The number of esters is 1. The van der Waals surface area contributed by atoms with Gasteiger partial charge < -0.3 is 9.47 Å². The van der Waals surface area contributed by atoms with E-state index < -0.39 is 11.6 Å². The third-order valence-corrected chi connectivity index (χ3v) is 2.61. The molecule has 0 bridgehead atoms. The van der Waals surface area contributed by atoms with Crippen LogP contribution in [-0.2, 0) is 19.1 Å². The predicted octanol–water partition coefficient (Wildman–Crippen LogP) is 1.20. The summed E-state index contributed by atoms with van der Waals surface area (Å²) in [5.41, 5.74) is -0.394. The van der Waals surface area contributed by atoms with E-state index in [1.54, 1.807) is 0 Å². The first-order chi connectivity index (χ1) is 6.91. The Balaban J connectivity index is 2.47. The number of hydrogen-bond donors (Lipinski definition) is 0. The molecule has 1 unspecified atom stereocenters. The highest BCUT2D eigenvalue weighted by Crippen LogP contribution is 2.35. The molecular weight excluding hydrogens is 196 g/mol.